The number of nitrogens with one attached hydrogen (secondary N) is 1. The number of thioether (sulfide) groups is 1. The van der Waals surface area contributed by atoms with Crippen LogP contribution < -0.4 is 5.32 Å². The number of carbonyl (C=O) groups is 1. The van der Waals surface area contributed by atoms with Crippen molar-refractivity contribution in [2.45, 2.75) is 39.4 Å². The Hall–Kier alpha value is -1.07. The third-order valence-electron chi connectivity index (χ3n) is 3.30. The summed E-state index contributed by atoms with van der Waals surface area (Å²) in [4.78, 5) is 14.3. The number of carbonyl (C=O) groups excluding carboxylic acids is 1. The van der Waals surface area contributed by atoms with E-state index in [0.717, 1.165) is 29.5 Å². The summed E-state index contributed by atoms with van der Waals surface area (Å²) in [6.45, 7) is 9.87. The van der Waals surface area contributed by atoms with Gasteiger partial charge in [0.1, 0.15) is 4.32 Å². The molecule has 0 aliphatic heterocycles. The average Bonchev–Trinajstić information content (AvgIpc) is 2.49. The molecular formula is C16H24N2OS2. The van der Waals surface area contributed by atoms with Gasteiger partial charge in [0.25, 0.3) is 0 Å². The highest BCUT2D eigenvalue weighted by Gasteiger charge is 2.18. The van der Waals surface area contributed by atoms with Crippen LogP contribution in [0.25, 0.3) is 0 Å². The maximum absolute atomic E-state index is 12.2. The molecule has 0 aromatic heterocycles. The van der Waals surface area contributed by atoms with Gasteiger partial charge in [-0.2, -0.15) is 0 Å². The first-order chi connectivity index (χ1) is 10.0. The maximum Gasteiger partial charge on any atom is 0.237 e. The summed E-state index contributed by atoms with van der Waals surface area (Å²) in [5, 5.41) is 2.73. The fraction of sp³-hybridized carbons (Fsp3) is 0.500. The molecule has 21 heavy (non-hydrogen) atoms. The van der Waals surface area contributed by atoms with Gasteiger partial charge in [0.2, 0.25) is 5.91 Å². The SMILES string of the molecule is CCc1ccc(NC(=O)C(C)SC(=S)N(CC)CC)cc1. The fourth-order valence-electron chi connectivity index (χ4n) is 1.83. The molecule has 0 saturated heterocycles. The molecule has 116 valence electrons. The zero-order valence-electron chi connectivity index (χ0n) is 13.2. The smallest absolute Gasteiger partial charge is 0.237 e. The average molecular weight is 325 g/mol. The number of aryl methyl sites for hydroxylation is 1. The van der Waals surface area contributed by atoms with E-state index < -0.39 is 0 Å². The second kappa shape index (κ2) is 9.05. The van der Waals surface area contributed by atoms with E-state index in [2.05, 4.69) is 31.0 Å². The van der Waals surface area contributed by atoms with E-state index in [0.29, 0.717) is 0 Å². The molecule has 0 heterocycles. The van der Waals surface area contributed by atoms with E-state index in [4.69, 9.17) is 12.2 Å². The summed E-state index contributed by atoms with van der Waals surface area (Å²) in [5.74, 6) is -0.0150. The zero-order valence-corrected chi connectivity index (χ0v) is 14.8. The summed E-state index contributed by atoms with van der Waals surface area (Å²) in [7, 11) is 0. The first-order valence-corrected chi connectivity index (χ1v) is 8.65. The molecule has 1 aromatic carbocycles. The number of hydrogen-bond acceptors (Lipinski definition) is 3. The second-order valence-electron chi connectivity index (χ2n) is 4.74. The number of rotatable bonds is 6. The molecule has 1 atom stereocenters. The van der Waals surface area contributed by atoms with E-state index in [1.165, 1.54) is 17.3 Å². The molecule has 3 nitrogen and oxygen atoms in total. The van der Waals surface area contributed by atoms with Crippen LogP contribution >= 0.6 is 24.0 Å². The molecule has 0 aliphatic rings. The van der Waals surface area contributed by atoms with Crippen molar-refractivity contribution in [2.75, 3.05) is 18.4 Å². The molecule has 0 fully saturated rings. The second-order valence-corrected chi connectivity index (χ2v) is 6.71. The van der Waals surface area contributed by atoms with Crippen molar-refractivity contribution in [1.29, 1.82) is 0 Å². The van der Waals surface area contributed by atoms with Gasteiger partial charge in [-0.3, -0.25) is 4.79 Å². The van der Waals surface area contributed by atoms with Crippen LogP contribution in [-0.4, -0.2) is 33.5 Å². The van der Waals surface area contributed by atoms with Crippen molar-refractivity contribution >= 4 is 39.9 Å². The Labute approximate surface area is 137 Å². The first kappa shape index (κ1) is 18.0. The van der Waals surface area contributed by atoms with Crippen LogP contribution in [0.3, 0.4) is 0 Å². The summed E-state index contributed by atoms with van der Waals surface area (Å²) in [6.07, 6.45) is 0.999. The predicted octanol–water partition coefficient (Wildman–Crippen LogP) is 3.94. The third kappa shape index (κ3) is 5.67. The third-order valence-corrected chi connectivity index (χ3v) is 4.87. The molecular weight excluding hydrogens is 300 g/mol. The normalized spacial score (nSPS) is 11.8. The van der Waals surface area contributed by atoms with Gasteiger partial charge >= 0.3 is 0 Å². The van der Waals surface area contributed by atoms with E-state index in [-0.39, 0.29) is 11.2 Å². The monoisotopic (exact) mass is 324 g/mol. The van der Waals surface area contributed by atoms with E-state index in [9.17, 15) is 4.79 Å². The van der Waals surface area contributed by atoms with Crippen LogP contribution in [0.15, 0.2) is 24.3 Å². The van der Waals surface area contributed by atoms with Gasteiger partial charge in [-0.05, 0) is 44.9 Å². The largest absolute Gasteiger partial charge is 0.358 e. The first-order valence-electron chi connectivity index (χ1n) is 7.37. The van der Waals surface area contributed by atoms with Crippen LogP contribution in [-0.2, 0) is 11.2 Å². The van der Waals surface area contributed by atoms with Gasteiger partial charge < -0.3 is 10.2 Å². The minimum absolute atomic E-state index is 0.0150. The van der Waals surface area contributed by atoms with Crippen molar-refractivity contribution in [3.05, 3.63) is 29.8 Å². The molecule has 5 heteroatoms. The molecule has 1 aromatic rings. The molecule has 0 aliphatic carbocycles. The Kier molecular flexibility index (Phi) is 7.75. The van der Waals surface area contributed by atoms with Crippen LogP contribution in [0.4, 0.5) is 5.69 Å². The molecule has 0 saturated carbocycles. The standard InChI is InChI=1S/C16H24N2OS2/c1-5-13-8-10-14(11-9-13)17-15(19)12(4)21-16(20)18(6-2)7-3/h8-12H,5-7H2,1-4H3,(H,17,19). The number of thiocarbonyl (C=S) groups is 1. The maximum atomic E-state index is 12.2. The molecule has 1 N–H and O–H groups in total. The Morgan fingerprint density at radius 1 is 1.24 bits per heavy atom. The molecule has 1 amide bonds. The zero-order chi connectivity index (χ0) is 15.8. The number of anilines is 1. The predicted molar refractivity (Wildman–Crippen MR) is 97.0 cm³/mol. The summed E-state index contributed by atoms with van der Waals surface area (Å²) in [5.41, 5.74) is 2.09. The van der Waals surface area contributed by atoms with E-state index >= 15 is 0 Å². The lowest BCUT2D eigenvalue weighted by atomic mass is 10.1. The highest BCUT2D eigenvalue weighted by molar-refractivity contribution is 8.23. The lowest BCUT2D eigenvalue weighted by Crippen LogP contribution is -2.31. The van der Waals surface area contributed by atoms with Crippen molar-refractivity contribution in [3.63, 3.8) is 0 Å². The quantitative estimate of drug-likeness (QED) is 0.804. The Morgan fingerprint density at radius 3 is 2.29 bits per heavy atom. The minimum atomic E-state index is -0.205. The number of benzene rings is 1. The fourth-order valence-corrected chi connectivity index (χ4v) is 3.40. The van der Waals surface area contributed by atoms with E-state index in [1.807, 2.05) is 31.2 Å². The van der Waals surface area contributed by atoms with Crippen molar-refractivity contribution in [2.24, 2.45) is 0 Å². The number of nitrogens with zero attached hydrogens (tertiary/aromatic N) is 1. The Balaban J connectivity index is 2.55. The minimum Gasteiger partial charge on any atom is -0.358 e. The van der Waals surface area contributed by atoms with Crippen molar-refractivity contribution < 1.29 is 4.79 Å². The van der Waals surface area contributed by atoms with Crippen molar-refractivity contribution in [1.82, 2.24) is 4.90 Å². The lowest BCUT2D eigenvalue weighted by molar-refractivity contribution is -0.115. The number of amides is 1. The van der Waals surface area contributed by atoms with Gasteiger partial charge in [0.15, 0.2) is 0 Å². The van der Waals surface area contributed by atoms with Crippen LogP contribution in [0.5, 0.6) is 0 Å². The van der Waals surface area contributed by atoms with Gasteiger partial charge in [-0.15, -0.1) is 0 Å². The Morgan fingerprint density at radius 2 is 1.81 bits per heavy atom. The Bertz CT molecular complexity index is 470. The van der Waals surface area contributed by atoms with Gasteiger partial charge in [0.05, 0.1) is 5.25 Å². The highest BCUT2D eigenvalue weighted by atomic mass is 32.2. The number of hydrogen-bond donors (Lipinski definition) is 1. The van der Waals surface area contributed by atoms with Crippen LogP contribution in [0.2, 0.25) is 0 Å². The van der Waals surface area contributed by atoms with Gasteiger partial charge in [-0.1, -0.05) is 43.0 Å². The molecule has 0 spiro atoms. The van der Waals surface area contributed by atoms with E-state index in [1.54, 1.807) is 0 Å². The molecule has 0 bridgehead atoms. The molecule has 1 unspecified atom stereocenters. The van der Waals surface area contributed by atoms with Gasteiger partial charge in [0, 0.05) is 18.8 Å². The topological polar surface area (TPSA) is 32.3 Å². The summed E-state index contributed by atoms with van der Waals surface area (Å²) in [6, 6.07) is 7.95. The molecule has 1 rings (SSSR count). The van der Waals surface area contributed by atoms with Crippen LogP contribution in [0, 0.1) is 0 Å². The highest BCUT2D eigenvalue weighted by Crippen LogP contribution is 2.18. The van der Waals surface area contributed by atoms with Crippen LogP contribution in [0.1, 0.15) is 33.3 Å². The van der Waals surface area contributed by atoms with Crippen molar-refractivity contribution in [3.8, 4) is 0 Å². The van der Waals surface area contributed by atoms with Gasteiger partial charge in [-0.25, -0.2) is 0 Å². The molecule has 0 radical (unpaired) electrons. The lowest BCUT2D eigenvalue weighted by Gasteiger charge is -2.22. The summed E-state index contributed by atoms with van der Waals surface area (Å²) >= 11 is 6.81. The summed E-state index contributed by atoms with van der Waals surface area (Å²) < 4.78 is 0.781.